The van der Waals surface area contributed by atoms with Gasteiger partial charge >= 0.3 is 0 Å². The summed E-state index contributed by atoms with van der Waals surface area (Å²) in [5, 5.41) is 2.19. The molecule has 31 heavy (non-hydrogen) atoms. The summed E-state index contributed by atoms with van der Waals surface area (Å²) in [6.45, 7) is 8.14. The molecule has 0 radical (unpaired) electrons. The molecule has 168 valence electrons. The number of piperidine rings is 1. The highest BCUT2D eigenvalue weighted by molar-refractivity contribution is 7.89. The standard InChI is InChI=1S/C23H31N3O3S2/c1-3-26(4-2)31(28,29)21-7-5-18(6-8-21)23(27)24-13-9-20(10-14-24)25-15-11-22-19(17-25)12-16-30-22/h5-8,12,16,20H,3-4,9-11,13-15,17H2,1-2H3. The summed E-state index contributed by atoms with van der Waals surface area (Å²) in [6.07, 6.45) is 3.11. The number of hydrogen-bond donors (Lipinski definition) is 0. The van der Waals surface area contributed by atoms with E-state index in [0.717, 1.165) is 45.4 Å². The number of carbonyl (C=O) groups excluding carboxylic acids is 1. The van der Waals surface area contributed by atoms with Crippen LogP contribution < -0.4 is 0 Å². The Balaban J connectivity index is 1.36. The highest BCUT2D eigenvalue weighted by Gasteiger charge is 2.30. The molecule has 0 unspecified atom stereocenters. The fourth-order valence-electron chi connectivity index (χ4n) is 4.68. The van der Waals surface area contributed by atoms with Gasteiger partial charge in [0.2, 0.25) is 10.0 Å². The van der Waals surface area contributed by atoms with Crippen molar-refractivity contribution < 1.29 is 13.2 Å². The average molecular weight is 462 g/mol. The third-order valence-corrected chi connectivity index (χ3v) is 9.64. The first kappa shape index (κ1) is 22.5. The second-order valence-electron chi connectivity index (χ2n) is 8.23. The molecule has 1 saturated heterocycles. The molecule has 1 amide bonds. The van der Waals surface area contributed by atoms with Crippen molar-refractivity contribution in [2.24, 2.45) is 0 Å². The molecule has 3 heterocycles. The monoisotopic (exact) mass is 461 g/mol. The number of fused-ring (bicyclic) bond motifs is 1. The molecule has 1 aromatic carbocycles. The Kier molecular flexibility index (Phi) is 6.81. The predicted molar refractivity (Wildman–Crippen MR) is 124 cm³/mol. The summed E-state index contributed by atoms with van der Waals surface area (Å²) in [5.41, 5.74) is 2.02. The first-order valence-corrected chi connectivity index (χ1v) is 13.4. The molecule has 0 bridgehead atoms. The lowest BCUT2D eigenvalue weighted by Crippen LogP contribution is -2.47. The maximum atomic E-state index is 13.0. The zero-order chi connectivity index (χ0) is 22.0. The topological polar surface area (TPSA) is 60.9 Å². The van der Waals surface area contributed by atoms with Crippen molar-refractivity contribution in [2.45, 2.75) is 50.6 Å². The van der Waals surface area contributed by atoms with E-state index < -0.39 is 10.0 Å². The van der Waals surface area contributed by atoms with E-state index in [0.29, 0.717) is 24.7 Å². The second-order valence-corrected chi connectivity index (χ2v) is 11.2. The van der Waals surface area contributed by atoms with Gasteiger partial charge < -0.3 is 4.90 Å². The van der Waals surface area contributed by atoms with Gasteiger partial charge in [0.1, 0.15) is 0 Å². The van der Waals surface area contributed by atoms with Crippen LogP contribution in [-0.4, -0.2) is 67.2 Å². The number of carbonyl (C=O) groups is 1. The molecule has 0 saturated carbocycles. The van der Waals surface area contributed by atoms with Crippen molar-refractivity contribution in [2.75, 3.05) is 32.7 Å². The van der Waals surface area contributed by atoms with Crippen LogP contribution in [0.15, 0.2) is 40.6 Å². The zero-order valence-corrected chi connectivity index (χ0v) is 19.9. The van der Waals surface area contributed by atoms with E-state index in [1.54, 1.807) is 24.3 Å². The van der Waals surface area contributed by atoms with Crippen LogP contribution in [-0.2, 0) is 23.0 Å². The third kappa shape index (κ3) is 4.58. The predicted octanol–water partition coefficient (Wildman–Crippen LogP) is 3.44. The van der Waals surface area contributed by atoms with E-state index in [4.69, 9.17) is 0 Å². The number of thiophene rings is 1. The van der Waals surface area contributed by atoms with E-state index in [2.05, 4.69) is 16.3 Å². The Morgan fingerprint density at radius 2 is 1.74 bits per heavy atom. The Bertz CT molecular complexity index is 1000. The number of likely N-dealkylation sites (tertiary alicyclic amines) is 1. The summed E-state index contributed by atoms with van der Waals surface area (Å²) in [6, 6.07) is 9.17. The minimum atomic E-state index is -3.50. The van der Waals surface area contributed by atoms with Gasteiger partial charge in [0, 0.05) is 55.8 Å². The Hall–Kier alpha value is -1.74. The molecule has 0 spiro atoms. The van der Waals surface area contributed by atoms with Gasteiger partial charge in [0.15, 0.2) is 0 Å². The first-order valence-electron chi connectivity index (χ1n) is 11.1. The van der Waals surface area contributed by atoms with Gasteiger partial charge in [0.25, 0.3) is 5.91 Å². The molecule has 0 N–H and O–H groups in total. The van der Waals surface area contributed by atoms with Crippen LogP contribution in [0.4, 0.5) is 0 Å². The molecule has 4 rings (SSSR count). The van der Waals surface area contributed by atoms with Crippen LogP contribution in [0.2, 0.25) is 0 Å². The molecular formula is C23H31N3O3S2. The minimum absolute atomic E-state index is 0.0102. The smallest absolute Gasteiger partial charge is 0.253 e. The van der Waals surface area contributed by atoms with E-state index in [-0.39, 0.29) is 10.8 Å². The van der Waals surface area contributed by atoms with Crippen LogP contribution in [0.3, 0.4) is 0 Å². The van der Waals surface area contributed by atoms with Crippen LogP contribution in [0.5, 0.6) is 0 Å². The van der Waals surface area contributed by atoms with Crippen LogP contribution in [0.25, 0.3) is 0 Å². The highest BCUT2D eigenvalue weighted by atomic mass is 32.2. The summed E-state index contributed by atoms with van der Waals surface area (Å²) in [4.78, 5) is 19.2. The number of rotatable bonds is 6. The molecule has 2 aromatic rings. The van der Waals surface area contributed by atoms with Crippen molar-refractivity contribution in [3.8, 4) is 0 Å². The number of hydrogen-bond acceptors (Lipinski definition) is 5. The van der Waals surface area contributed by atoms with Crippen molar-refractivity contribution in [1.29, 1.82) is 0 Å². The number of sulfonamides is 1. The van der Waals surface area contributed by atoms with E-state index in [1.165, 1.54) is 14.7 Å². The van der Waals surface area contributed by atoms with Gasteiger partial charge in [-0.25, -0.2) is 8.42 Å². The fraction of sp³-hybridized carbons (Fsp3) is 0.522. The first-order chi connectivity index (χ1) is 14.9. The lowest BCUT2D eigenvalue weighted by molar-refractivity contribution is 0.0600. The van der Waals surface area contributed by atoms with Crippen LogP contribution >= 0.6 is 11.3 Å². The largest absolute Gasteiger partial charge is 0.339 e. The van der Waals surface area contributed by atoms with Gasteiger partial charge in [-0.2, -0.15) is 4.31 Å². The quantitative estimate of drug-likeness (QED) is 0.661. The van der Waals surface area contributed by atoms with Gasteiger partial charge in [0.05, 0.1) is 4.90 Å². The highest BCUT2D eigenvalue weighted by Crippen LogP contribution is 2.28. The maximum Gasteiger partial charge on any atom is 0.253 e. The third-order valence-electron chi connectivity index (χ3n) is 6.55. The lowest BCUT2D eigenvalue weighted by Gasteiger charge is -2.40. The van der Waals surface area contributed by atoms with E-state index in [9.17, 15) is 13.2 Å². The van der Waals surface area contributed by atoms with Crippen molar-refractivity contribution >= 4 is 27.3 Å². The van der Waals surface area contributed by atoms with Gasteiger partial charge in [-0.3, -0.25) is 9.69 Å². The minimum Gasteiger partial charge on any atom is -0.339 e. The van der Waals surface area contributed by atoms with Gasteiger partial charge in [-0.05, 0) is 60.5 Å². The number of benzene rings is 1. The average Bonchev–Trinajstić information content (AvgIpc) is 3.27. The number of nitrogens with zero attached hydrogens (tertiary/aromatic N) is 3. The normalized spacial score (nSPS) is 18.4. The molecule has 0 atom stereocenters. The maximum absolute atomic E-state index is 13.0. The summed E-state index contributed by atoms with van der Waals surface area (Å²) in [7, 11) is -3.50. The molecule has 6 nitrogen and oxygen atoms in total. The zero-order valence-electron chi connectivity index (χ0n) is 18.3. The van der Waals surface area contributed by atoms with Gasteiger partial charge in [-0.1, -0.05) is 13.8 Å². The summed E-state index contributed by atoms with van der Waals surface area (Å²) < 4.78 is 26.7. The van der Waals surface area contributed by atoms with E-state index >= 15 is 0 Å². The van der Waals surface area contributed by atoms with Crippen LogP contribution in [0, 0.1) is 0 Å². The molecule has 1 fully saturated rings. The molecule has 1 aromatic heterocycles. The number of amides is 1. The summed E-state index contributed by atoms with van der Waals surface area (Å²) in [5.74, 6) is -0.0102. The molecular weight excluding hydrogens is 430 g/mol. The van der Waals surface area contributed by atoms with E-state index in [1.807, 2.05) is 30.1 Å². The molecule has 2 aliphatic rings. The lowest BCUT2D eigenvalue weighted by atomic mass is 9.99. The van der Waals surface area contributed by atoms with Crippen molar-refractivity contribution in [3.05, 3.63) is 51.7 Å². The molecule has 0 aliphatic carbocycles. The van der Waals surface area contributed by atoms with Gasteiger partial charge in [-0.15, -0.1) is 11.3 Å². The second kappa shape index (κ2) is 9.40. The SMILES string of the molecule is CCN(CC)S(=O)(=O)c1ccc(C(=O)N2CCC(N3CCc4sccc4C3)CC2)cc1. The Labute approximate surface area is 189 Å². The van der Waals surface area contributed by atoms with Crippen LogP contribution in [0.1, 0.15) is 47.5 Å². The molecule has 2 aliphatic heterocycles. The Morgan fingerprint density at radius 1 is 1.06 bits per heavy atom. The molecule has 8 heteroatoms. The van der Waals surface area contributed by atoms with Crippen molar-refractivity contribution in [3.63, 3.8) is 0 Å². The van der Waals surface area contributed by atoms with Crippen molar-refractivity contribution in [1.82, 2.24) is 14.1 Å². The summed E-state index contributed by atoms with van der Waals surface area (Å²) >= 11 is 1.86. The fourth-order valence-corrected chi connectivity index (χ4v) is 7.03. The Morgan fingerprint density at radius 3 is 2.39 bits per heavy atom.